The Morgan fingerprint density at radius 3 is 2.31 bits per heavy atom. The summed E-state index contributed by atoms with van der Waals surface area (Å²) in [5, 5.41) is 3.24. The van der Waals surface area contributed by atoms with Crippen molar-refractivity contribution in [3.63, 3.8) is 0 Å². The maximum absolute atomic E-state index is 13.7. The first kappa shape index (κ1) is 21.4. The Morgan fingerprint density at radius 1 is 1.17 bits per heavy atom. The first-order chi connectivity index (χ1) is 13.7. The highest BCUT2D eigenvalue weighted by Crippen LogP contribution is 2.46. The van der Waals surface area contributed by atoms with E-state index in [9.17, 15) is 13.6 Å². The van der Waals surface area contributed by atoms with E-state index in [0.717, 1.165) is 31.7 Å². The molecule has 2 aromatic rings. The molecule has 3 rings (SSSR count). The van der Waals surface area contributed by atoms with Crippen molar-refractivity contribution < 1.29 is 13.6 Å². The minimum atomic E-state index is -2.92. The smallest absolute Gasteiger partial charge is 0.270 e. The number of nitrogens with zero attached hydrogens (tertiary/aromatic N) is 1. The van der Waals surface area contributed by atoms with Crippen LogP contribution in [0.15, 0.2) is 48.5 Å². The quantitative estimate of drug-likeness (QED) is 0.683. The van der Waals surface area contributed by atoms with Crippen LogP contribution in [0.2, 0.25) is 0 Å². The minimum absolute atomic E-state index is 0.0609. The zero-order valence-electron chi connectivity index (χ0n) is 17.6. The van der Waals surface area contributed by atoms with E-state index < -0.39 is 5.92 Å². The fourth-order valence-corrected chi connectivity index (χ4v) is 4.30. The van der Waals surface area contributed by atoms with Gasteiger partial charge in [0.05, 0.1) is 6.04 Å². The second kappa shape index (κ2) is 8.23. The van der Waals surface area contributed by atoms with Gasteiger partial charge in [-0.2, -0.15) is 0 Å². The van der Waals surface area contributed by atoms with E-state index >= 15 is 0 Å². The Morgan fingerprint density at radius 2 is 1.83 bits per heavy atom. The van der Waals surface area contributed by atoms with Crippen LogP contribution in [0.4, 0.5) is 8.78 Å². The molecule has 1 amide bonds. The van der Waals surface area contributed by atoms with Crippen molar-refractivity contribution in [2.24, 2.45) is 0 Å². The number of benzene rings is 2. The summed E-state index contributed by atoms with van der Waals surface area (Å²) in [6.45, 7) is 2.76. The lowest BCUT2D eigenvalue weighted by Gasteiger charge is -2.52. The van der Waals surface area contributed by atoms with E-state index in [1.807, 2.05) is 37.3 Å². The van der Waals surface area contributed by atoms with E-state index in [4.69, 9.17) is 0 Å². The summed E-state index contributed by atoms with van der Waals surface area (Å²) >= 11 is 0. The summed E-state index contributed by atoms with van der Waals surface area (Å²) < 4.78 is 27.5. The molecule has 1 aliphatic rings. The van der Waals surface area contributed by atoms with Gasteiger partial charge in [0.2, 0.25) is 0 Å². The predicted octanol–water partition coefficient (Wildman–Crippen LogP) is 5.32. The van der Waals surface area contributed by atoms with E-state index in [0.29, 0.717) is 17.5 Å². The maximum atomic E-state index is 13.7. The van der Waals surface area contributed by atoms with Gasteiger partial charge in [0.15, 0.2) is 0 Å². The molecule has 156 valence electrons. The molecule has 0 aliphatic heterocycles. The lowest BCUT2D eigenvalue weighted by atomic mass is 9.68. The highest BCUT2D eigenvalue weighted by Gasteiger charge is 2.47. The highest BCUT2D eigenvalue weighted by atomic mass is 19.3. The molecule has 1 saturated carbocycles. The average Bonchev–Trinajstić information content (AvgIpc) is 2.65. The summed E-state index contributed by atoms with van der Waals surface area (Å²) in [5.74, 6) is -3.14. The number of hydrogen-bond acceptors (Lipinski definition) is 2. The molecule has 1 fully saturated rings. The van der Waals surface area contributed by atoms with E-state index in [1.54, 1.807) is 0 Å². The monoisotopic (exact) mass is 400 g/mol. The summed E-state index contributed by atoms with van der Waals surface area (Å²) in [6, 6.07) is 14.2. The Hall–Kier alpha value is -2.27. The summed E-state index contributed by atoms with van der Waals surface area (Å²) in [5.41, 5.74) is 1.97. The molecule has 5 heteroatoms. The predicted molar refractivity (Wildman–Crippen MR) is 112 cm³/mol. The molecule has 0 spiro atoms. The minimum Gasteiger partial charge on any atom is -0.343 e. The second-order valence-electron chi connectivity index (χ2n) is 8.28. The van der Waals surface area contributed by atoms with Crippen molar-refractivity contribution in [2.45, 2.75) is 57.0 Å². The van der Waals surface area contributed by atoms with Crippen LogP contribution in [0.1, 0.15) is 66.2 Å². The molecule has 1 aliphatic carbocycles. The zero-order chi connectivity index (χ0) is 21.2. The fraction of sp³-hybridized carbons (Fsp3) is 0.458. The molecule has 2 aromatic carbocycles. The summed E-state index contributed by atoms with van der Waals surface area (Å²) in [4.78, 5) is 15.5. The number of carbonyl (C=O) groups is 1. The third kappa shape index (κ3) is 4.20. The first-order valence-corrected chi connectivity index (χ1v) is 10.2. The standard InChI is InChI=1S/C24H30F2N2O/c1-5-17-16-19(23(2,25)26)12-13-20(17)22(29)27-21(18-10-7-6-8-11-18)24(28(3)4)14-9-15-24/h6-8,10-13,16,21H,5,9,14-15H2,1-4H3,(H,27,29). The molecule has 29 heavy (non-hydrogen) atoms. The maximum Gasteiger partial charge on any atom is 0.270 e. The van der Waals surface area contributed by atoms with E-state index in [2.05, 4.69) is 24.3 Å². The number of likely N-dealkylation sites (N-methyl/N-ethyl adjacent to an activating group) is 1. The van der Waals surface area contributed by atoms with Crippen molar-refractivity contribution in [2.75, 3.05) is 14.1 Å². The number of carbonyl (C=O) groups excluding carboxylic acids is 1. The molecule has 0 saturated heterocycles. The van der Waals surface area contributed by atoms with Crippen LogP contribution in [-0.4, -0.2) is 30.4 Å². The third-order valence-electron chi connectivity index (χ3n) is 6.29. The molecule has 1 N–H and O–H groups in total. The first-order valence-electron chi connectivity index (χ1n) is 10.2. The average molecular weight is 401 g/mol. The molecule has 3 nitrogen and oxygen atoms in total. The van der Waals surface area contributed by atoms with Gasteiger partial charge >= 0.3 is 0 Å². The number of alkyl halides is 2. The van der Waals surface area contributed by atoms with Crippen LogP contribution >= 0.6 is 0 Å². The van der Waals surface area contributed by atoms with E-state index in [1.165, 1.54) is 18.2 Å². The van der Waals surface area contributed by atoms with Crippen molar-refractivity contribution in [3.05, 3.63) is 70.8 Å². The number of nitrogens with one attached hydrogen (secondary N) is 1. The molecule has 0 heterocycles. The SMILES string of the molecule is CCc1cc(C(C)(F)F)ccc1C(=O)NC(c1ccccc1)C1(N(C)C)CCC1. The van der Waals surface area contributed by atoms with Gasteiger partial charge in [-0.1, -0.05) is 43.3 Å². The Bertz CT molecular complexity index is 855. The Kier molecular flexibility index (Phi) is 6.08. The van der Waals surface area contributed by atoms with Gasteiger partial charge in [0.25, 0.3) is 11.8 Å². The topological polar surface area (TPSA) is 32.3 Å². The number of halogens is 2. The third-order valence-corrected chi connectivity index (χ3v) is 6.29. The second-order valence-corrected chi connectivity index (χ2v) is 8.28. The largest absolute Gasteiger partial charge is 0.343 e. The van der Waals surface area contributed by atoms with Gasteiger partial charge in [0.1, 0.15) is 0 Å². The van der Waals surface area contributed by atoms with Gasteiger partial charge in [-0.05, 0) is 63.0 Å². The lowest BCUT2D eigenvalue weighted by Crippen LogP contribution is -2.59. The van der Waals surface area contributed by atoms with Crippen LogP contribution < -0.4 is 5.32 Å². The lowest BCUT2D eigenvalue weighted by molar-refractivity contribution is 0.0171. The fourth-order valence-electron chi connectivity index (χ4n) is 4.30. The summed E-state index contributed by atoms with van der Waals surface area (Å²) in [7, 11) is 4.10. The molecular formula is C24H30F2N2O. The Balaban J connectivity index is 1.95. The molecular weight excluding hydrogens is 370 g/mol. The number of rotatable bonds is 7. The van der Waals surface area contributed by atoms with Gasteiger partial charge < -0.3 is 10.2 Å². The molecule has 0 bridgehead atoms. The number of amides is 1. The normalized spacial score (nSPS) is 16.9. The highest BCUT2D eigenvalue weighted by molar-refractivity contribution is 5.96. The van der Waals surface area contributed by atoms with Crippen LogP contribution in [0.3, 0.4) is 0 Å². The number of hydrogen-bond donors (Lipinski definition) is 1. The zero-order valence-corrected chi connectivity index (χ0v) is 17.6. The summed E-state index contributed by atoms with van der Waals surface area (Å²) in [6.07, 6.45) is 3.64. The van der Waals surface area contributed by atoms with Crippen LogP contribution in [0.25, 0.3) is 0 Å². The number of aryl methyl sites for hydroxylation is 1. The van der Waals surface area contributed by atoms with Crippen molar-refractivity contribution >= 4 is 5.91 Å². The molecule has 1 unspecified atom stereocenters. The molecule has 0 aromatic heterocycles. The molecule has 1 atom stereocenters. The Labute approximate surface area is 172 Å². The van der Waals surface area contributed by atoms with Crippen molar-refractivity contribution in [3.8, 4) is 0 Å². The van der Waals surface area contributed by atoms with Crippen LogP contribution in [0, 0.1) is 0 Å². The van der Waals surface area contributed by atoms with Gasteiger partial charge in [-0.15, -0.1) is 0 Å². The van der Waals surface area contributed by atoms with Gasteiger partial charge in [-0.25, -0.2) is 8.78 Å². The van der Waals surface area contributed by atoms with Crippen LogP contribution in [0.5, 0.6) is 0 Å². The van der Waals surface area contributed by atoms with Gasteiger partial charge in [0, 0.05) is 23.6 Å². The van der Waals surface area contributed by atoms with Crippen molar-refractivity contribution in [1.82, 2.24) is 10.2 Å². The van der Waals surface area contributed by atoms with Gasteiger partial charge in [-0.3, -0.25) is 4.79 Å². The van der Waals surface area contributed by atoms with Crippen molar-refractivity contribution in [1.29, 1.82) is 0 Å². The molecule has 0 radical (unpaired) electrons. The van der Waals surface area contributed by atoms with E-state index in [-0.39, 0.29) is 23.1 Å². The van der Waals surface area contributed by atoms with Crippen LogP contribution in [-0.2, 0) is 12.3 Å².